The molecule has 3 aromatic carbocycles. The van der Waals surface area contributed by atoms with Crippen LogP contribution >= 0.6 is 0 Å². The van der Waals surface area contributed by atoms with Gasteiger partial charge in [0.1, 0.15) is 5.82 Å². The monoisotopic (exact) mass is 407 g/mol. The number of hydrogen-bond donors (Lipinski definition) is 0. The highest BCUT2D eigenvalue weighted by Gasteiger charge is 2.38. The summed E-state index contributed by atoms with van der Waals surface area (Å²) in [7, 11) is 0. The van der Waals surface area contributed by atoms with Crippen LogP contribution in [0, 0.1) is 0 Å². The Balaban J connectivity index is 1.28. The molecule has 0 N–H and O–H groups in total. The molecule has 1 aromatic heterocycles. The van der Waals surface area contributed by atoms with Gasteiger partial charge in [-0.2, -0.15) is 0 Å². The van der Waals surface area contributed by atoms with E-state index in [1.165, 1.54) is 35.3 Å². The Kier molecular flexibility index (Phi) is 4.65. The summed E-state index contributed by atoms with van der Waals surface area (Å²) in [5.41, 5.74) is 5.46. The number of imidazole rings is 1. The lowest BCUT2D eigenvalue weighted by molar-refractivity contribution is 0.167. The van der Waals surface area contributed by atoms with E-state index in [1.807, 2.05) is 0 Å². The lowest BCUT2D eigenvalue weighted by Crippen LogP contribution is -2.43. The van der Waals surface area contributed by atoms with E-state index in [0.717, 1.165) is 38.0 Å². The van der Waals surface area contributed by atoms with Crippen LogP contribution in [0.3, 0.4) is 0 Å². The van der Waals surface area contributed by atoms with E-state index >= 15 is 0 Å². The number of aromatic nitrogens is 2. The van der Waals surface area contributed by atoms with Crippen molar-refractivity contribution in [1.29, 1.82) is 0 Å². The summed E-state index contributed by atoms with van der Waals surface area (Å²) in [6, 6.07) is 31.5. The van der Waals surface area contributed by atoms with E-state index < -0.39 is 0 Å². The molecule has 3 nitrogen and oxygen atoms in total. The molecule has 2 aliphatic rings. The maximum Gasteiger partial charge on any atom is 0.124 e. The topological polar surface area (TPSA) is 21.1 Å². The van der Waals surface area contributed by atoms with Gasteiger partial charge in [-0.05, 0) is 62.0 Å². The molecule has 0 atom stereocenters. The predicted molar refractivity (Wildman–Crippen MR) is 126 cm³/mol. The Labute approximate surface area is 184 Å². The fourth-order valence-corrected chi connectivity index (χ4v) is 5.50. The van der Waals surface area contributed by atoms with E-state index in [9.17, 15) is 0 Å². The second-order valence-corrected chi connectivity index (χ2v) is 9.21. The zero-order valence-corrected chi connectivity index (χ0v) is 18.0. The smallest absolute Gasteiger partial charge is 0.124 e. The Bertz CT molecular complexity index is 1130. The lowest BCUT2D eigenvalue weighted by Gasteiger charge is -2.43. The van der Waals surface area contributed by atoms with Gasteiger partial charge in [0.25, 0.3) is 0 Å². The molecular weight excluding hydrogens is 378 g/mol. The van der Waals surface area contributed by atoms with E-state index in [-0.39, 0.29) is 5.41 Å². The summed E-state index contributed by atoms with van der Waals surface area (Å²) in [6.07, 6.45) is 4.87. The first kappa shape index (κ1) is 18.8. The molecule has 1 aliphatic carbocycles. The summed E-state index contributed by atoms with van der Waals surface area (Å²) < 4.78 is 2.52. The minimum absolute atomic E-state index is 0.107. The highest BCUT2D eigenvalue weighted by Crippen LogP contribution is 2.43. The van der Waals surface area contributed by atoms with Gasteiger partial charge in [-0.25, -0.2) is 4.98 Å². The molecule has 1 aliphatic heterocycles. The van der Waals surface area contributed by atoms with E-state index in [4.69, 9.17) is 4.98 Å². The molecule has 6 rings (SSSR count). The largest absolute Gasteiger partial charge is 0.324 e. The molecule has 0 bridgehead atoms. The zero-order valence-electron chi connectivity index (χ0n) is 18.0. The average Bonchev–Trinajstić information content (AvgIpc) is 3.61. The summed E-state index contributed by atoms with van der Waals surface area (Å²) in [6.45, 7) is 3.14. The number of piperidine rings is 1. The van der Waals surface area contributed by atoms with E-state index in [0.29, 0.717) is 6.04 Å². The second kappa shape index (κ2) is 7.65. The maximum atomic E-state index is 5.04. The molecule has 2 fully saturated rings. The molecule has 0 spiro atoms. The molecule has 3 heteroatoms. The van der Waals surface area contributed by atoms with Crippen molar-refractivity contribution in [3.8, 4) is 0 Å². The van der Waals surface area contributed by atoms with Crippen molar-refractivity contribution in [3.63, 3.8) is 0 Å². The van der Waals surface area contributed by atoms with Crippen LogP contribution in [0.2, 0.25) is 0 Å². The Hall–Kier alpha value is -2.91. The van der Waals surface area contributed by atoms with Gasteiger partial charge >= 0.3 is 0 Å². The number of nitrogens with zero attached hydrogens (tertiary/aromatic N) is 3. The lowest BCUT2D eigenvalue weighted by atomic mass is 9.68. The zero-order chi connectivity index (χ0) is 20.7. The Morgan fingerprint density at radius 2 is 1.32 bits per heavy atom. The van der Waals surface area contributed by atoms with Crippen LogP contribution in [0.4, 0.5) is 0 Å². The van der Waals surface area contributed by atoms with Crippen LogP contribution in [0.1, 0.15) is 48.7 Å². The highest BCUT2D eigenvalue weighted by molar-refractivity contribution is 5.76. The minimum atomic E-state index is 0.107. The van der Waals surface area contributed by atoms with Crippen molar-refractivity contribution in [2.75, 3.05) is 13.1 Å². The van der Waals surface area contributed by atoms with Crippen LogP contribution < -0.4 is 0 Å². The normalized spacial score (nSPS) is 19.0. The molecular formula is C28H29N3. The highest BCUT2D eigenvalue weighted by atomic mass is 15.2. The summed E-state index contributed by atoms with van der Waals surface area (Å²) in [5, 5.41) is 0. The fraction of sp³-hybridized carbons (Fsp3) is 0.321. The van der Waals surface area contributed by atoms with Crippen LogP contribution in [-0.4, -0.2) is 27.5 Å². The third-order valence-electron chi connectivity index (χ3n) is 7.31. The van der Waals surface area contributed by atoms with Gasteiger partial charge in [0.15, 0.2) is 0 Å². The van der Waals surface area contributed by atoms with Crippen molar-refractivity contribution in [3.05, 3.63) is 102 Å². The molecule has 0 amide bonds. The van der Waals surface area contributed by atoms with Crippen LogP contribution in [0.15, 0.2) is 84.9 Å². The SMILES string of the molecule is c1ccc(C2(c3ccccc3)CCN(Cc3nc4ccccc4n3C3CC3)CC2)cc1. The van der Waals surface area contributed by atoms with Crippen LogP contribution in [0.25, 0.3) is 11.0 Å². The average molecular weight is 408 g/mol. The van der Waals surface area contributed by atoms with Gasteiger partial charge in [-0.3, -0.25) is 4.90 Å². The summed E-state index contributed by atoms with van der Waals surface area (Å²) >= 11 is 0. The molecule has 1 saturated heterocycles. The van der Waals surface area contributed by atoms with Gasteiger partial charge < -0.3 is 4.57 Å². The van der Waals surface area contributed by atoms with Gasteiger partial charge in [-0.15, -0.1) is 0 Å². The van der Waals surface area contributed by atoms with Gasteiger partial charge in [0.05, 0.1) is 17.6 Å². The third-order valence-corrected chi connectivity index (χ3v) is 7.31. The molecule has 0 unspecified atom stereocenters. The number of hydrogen-bond acceptors (Lipinski definition) is 2. The second-order valence-electron chi connectivity index (χ2n) is 9.21. The molecule has 0 radical (unpaired) electrons. The van der Waals surface area contributed by atoms with Crippen molar-refractivity contribution in [2.24, 2.45) is 0 Å². The summed E-state index contributed by atoms with van der Waals surface area (Å²) in [4.78, 5) is 7.66. The van der Waals surface area contributed by atoms with Gasteiger partial charge in [0.2, 0.25) is 0 Å². The van der Waals surface area contributed by atoms with Crippen molar-refractivity contribution in [2.45, 2.75) is 43.7 Å². The number of rotatable bonds is 5. The molecule has 2 heterocycles. The van der Waals surface area contributed by atoms with Gasteiger partial charge in [0, 0.05) is 11.5 Å². The van der Waals surface area contributed by atoms with Crippen molar-refractivity contribution < 1.29 is 0 Å². The number of likely N-dealkylation sites (tertiary alicyclic amines) is 1. The van der Waals surface area contributed by atoms with Crippen LogP contribution in [-0.2, 0) is 12.0 Å². The summed E-state index contributed by atoms with van der Waals surface area (Å²) in [5.74, 6) is 1.25. The van der Waals surface area contributed by atoms with Gasteiger partial charge in [-0.1, -0.05) is 72.8 Å². The third kappa shape index (κ3) is 3.37. The first-order chi connectivity index (χ1) is 15.3. The Morgan fingerprint density at radius 1 is 0.742 bits per heavy atom. The fourth-order valence-electron chi connectivity index (χ4n) is 5.50. The minimum Gasteiger partial charge on any atom is -0.324 e. The van der Waals surface area contributed by atoms with Crippen molar-refractivity contribution >= 4 is 11.0 Å². The maximum absolute atomic E-state index is 5.04. The number of para-hydroxylation sites is 2. The molecule has 31 heavy (non-hydrogen) atoms. The number of benzene rings is 3. The standard InChI is InChI=1S/C28H29N3/c1-3-9-22(10-4-1)28(23-11-5-2-6-12-23)17-19-30(20-18-28)21-27-29-25-13-7-8-14-26(25)31(27)24-15-16-24/h1-14,24H,15-21H2. The number of fused-ring (bicyclic) bond motifs is 1. The quantitative estimate of drug-likeness (QED) is 0.407. The molecule has 156 valence electrons. The predicted octanol–water partition coefficient (Wildman–Crippen LogP) is 5.95. The van der Waals surface area contributed by atoms with E-state index in [1.54, 1.807) is 0 Å². The van der Waals surface area contributed by atoms with Crippen molar-refractivity contribution in [1.82, 2.24) is 14.5 Å². The first-order valence-electron chi connectivity index (χ1n) is 11.6. The first-order valence-corrected chi connectivity index (χ1v) is 11.6. The van der Waals surface area contributed by atoms with E-state index in [2.05, 4.69) is 94.4 Å². The Morgan fingerprint density at radius 3 is 1.94 bits per heavy atom. The molecule has 4 aromatic rings. The van der Waals surface area contributed by atoms with Crippen LogP contribution in [0.5, 0.6) is 0 Å². The molecule has 1 saturated carbocycles.